The van der Waals surface area contributed by atoms with E-state index < -0.39 is 0 Å². The Bertz CT molecular complexity index is 503. The molecule has 0 aliphatic carbocycles. The molecule has 0 saturated heterocycles. The van der Waals surface area contributed by atoms with Crippen LogP contribution in [0.2, 0.25) is 5.02 Å². The summed E-state index contributed by atoms with van der Waals surface area (Å²) in [5, 5.41) is 9.01. The Morgan fingerprint density at radius 1 is 1.19 bits per heavy atom. The summed E-state index contributed by atoms with van der Waals surface area (Å²) in [6.07, 6.45) is 0. The number of rotatable bonds is 2. The fourth-order valence-electron chi connectivity index (χ4n) is 1.68. The van der Waals surface area contributed by atoms with Crippen molar-refractivity contribution in [1.82, 2.24) is 14.8 Å². The zero-order valence-corrected chi connectivity index (χ0v) is 10.4. The molecule has 3 nitrogen and oxygen atoms in total. The molecule has 1 heterocycles. The van der Waals surface area contributed by atoms with Gasteiger partial charge in [-0.15, -0.1) is 10.2 Å². The Kier molecular flexibility index (Phi) is 2.97. The molecule has 0 N–H and O–H groups in total. The molecule has 0 amide bonds. The van der Waals surface area contributed by atoms with E-state index in [1.54, 1.807) is 0 Å². The molecule has 1 aromatic carbocycles. The summed E-state index contributed by atoms with van der Waals surface area (Å²) in [6, 6.07) is 7.73. The molecule has 0 saturated carbocycles. The minimum absolute atomic E-state index is 0.317. The maximum atomic E-state index is 6.19. The lowest BCUT2D eigenvalue weighted by molar-refractivity contribution is 0.742. The number of aryl methyl sites for hydroxylation is 1. The van der Waals surface area contributed by atoms with Crippen molar-refractivity contribution >= 4 is 11.6 Å². The number of halogens is 1. The lowest BCUT2D eigenvalue weighted by Gasteiger charge is -2.11. The van der Waals surface area contributed by atoms with Crippen molar-refractivity contribution in [1.29, 1.82) is 0 Å². The second kappa shape index (κ2) is 4.26. The molecule has 0 fully saturated rings. The zero-order chi connectivity index (χ0) is 11.7. The number of aromatic nitrogens is 3. The van der Waals surface area contributed by atoms with E-state index >= 15 is 0 Å². The van der Waals surface area contributed by atoms with Gasteiger partial charge in [0, 0.05) is 5.92 Å². The summed E-state index contributed by atoms with van der Waals surface area (Å²) in [6.45, 7) is 6.12. The van der Waals surface area contributed by atoms with Crippen LogP contribution in [0.4, 0.5) is 0 Å². The van der Waals surface area contributed by atoms with Crippen molar-refractivity contribution in [2.45, 2.75) is 26.7 Å². The summed E-state index contributed by atoms with van der Waals surface area (Å²) in [7, 11) is 0. The van der Waals surface area contributed by atoms with Gasteiger partial charge in [0.2, 0.25) is 0 Å². The molecular weight excluding hydrogens is 222 g/mol. The maximum absolute atomic E-state index is 6.19. The van der Waals surface area contributed by atoms with Crippen molar-refractivity contribution in [2.24, 2.45) is 0 Å². The quantitative estimate of drug-likeness (QED) is 0.799. The molecule has 1 aromatic heterocycles. The Balaban J connectivity index is 2.64. The zero-order valence-electron chi connectivity index (χ0n) is 9.61. The molecule has 0 unspecified atom stereocenters. The molecule has 16 heavy (non-hydrogen) atoms. The lowest BCUT2D eigenvalue weighted by Crippen LogP contribution is -2.05. The summed E-state index contributed by atoms with van der Waals surface area (Å²) in [4.78, 5) is 0. The molecule has 0 spiro atoms. The topological polar surface area (TPSA) is 30.7 Å². The van der Waals surface area contributed by atoms with Crippen LogP contribution < -0.4 is 0 Å². The smallest absolute Gasteiger partial charge is 0.140 e. The minimum Gasteiger partial charge on any atom is -0.281 e. The highest BCUT2D eigenvalue weighted by atomic mass is 35.5. The molecular formula is C12H14ClN3. The molecule has 2 aromatic rings. The Morgan fingerprint density at radius 3 is 2.50 bits per heavy atom. The molecule has 0 aliphatic heterocycles. The second-order valence-corrected chi connectivity index (χ2v) is 4.45. The average Bonchev–Trinajstić information content (AvgIpc) is 2.61. The van der Waals surface area contributed by atoms with Crippen LogP contribution in [0, 0.1) is 6.92 Å². The average molecular weight is 236 g/mol. The van der Waals surface area contributed by atoms with Crippen LogP contribution in [-0.2, 0) is 0 Å². The molecule has 0 bridgehead atoms. The first-order chi connectivity index (χ1) is 7.61. The molecule has 4 heteroatoms. The third-order valence-corrected chi connectivity index (χ3v) is 2.78. The van der Waals surface area contributed by atoms with Gasteiger partial charge in [0.15, 0.2) is 0 Å². The van der Waals surface area contributed by atoms with Gasteiger partial charge < -0.3 is 0 Å². The molecule has 0 aliphatic rings. The van der Waals surface area contributed by atoms with Crippen LogP contribution in [0.25, 0.3) is 5.69 Å². The monoisotopic (exact) mass is 235 g/mol. The normalized spacial score (nSPS) is 11.1. The second-order valence-electron chi connectivity index (χ2n) is 4.05. The van der Waals surface area contributed by atoms with Gasteiger partial charge in [-0.25, -0.2) is 0 Å². The van der Waals surface area contributed by atoms with E-state index in [1.165, 1.54) is 0 Å². The Labute approximate surface area is 100 Å². The first kappa shape index (κ1) is 11.1. The van der Waals surface area contributed by atoms with Crippen molar-refractivity contribution in [3.05, 3.63) is 40.9 Å². The Morgan fingerprint density at radius 2 is 1.88 bits per heavy atom. The van der Waals surface area contributed by atoms with Gasteiger partial charge in [0.25, 0.3) is 0 Å². The van der Waals surface area contributed by atoms with E-state index in [-0.39, 0.29) is 0 Å². The van der Waals surface area contributed by atoms with Gasteiger partial charge in [-0.2, -0.15) is 0 Å². The van der Waals surface area contributed by atoms with Gasteiger partial charge in [-0.05, 0) is 19.1 Å². The molecule has 0 radical (unpaired) electrons. The SMILES string of the molecule is Cc1nnc(C(C)C)n1-c1ccccc1Cl. The van der Waals surface area contributed by atoms with E-state index in [2.05, 4.69) is 24.0 Å². The van der Waals surface area contributed by atoms with Crippen molar-refractivity contribution < 1.29 is 0 Å². The highest BCUT2D eigenvalue weighted by molar-refractivity contribution is 6.32. The van der Waals surface area contributed by atoms with E-state index in [4.69, 9.17) is 11.6 Å². The van der Waals surface area contributed by atoms with Gasteiger partial charge >= 0.3 is 0 Å². The van der Waals surface area contributed by atoms with Crippen molar-refractivity contribution in [3.63, 3.8) is 0 Å². The van der Waals surface area contributed by atoms with Crippen LogP contribution in [0.5, 0.6) is 0 Å². The first-order valence-electron chi connectivity index (χ1n) is 5.28. The van der Waals surface area contributed by atoms with Crippen molar-refractivity contribution in [2.75, 3.05) is 0 Å². The largest absolute Gasteiger partial charge is 0.281 e. The molecule has 0 atom stereocenters. The van der Waals surface area contributed by atoms with Gasteiger partial charge in [0.05, 0.1) is 10.7 Å². The summed E-state index contributed by atoms with van der Waals surface area (Å²) < 4.78 is 2.01. The van der Waals surface area contributed by atoms with Crippen molar-refractivity contribution in [3.8, 4) is 5.69 Å². The van der Waals surface area contributed by atoms with E-state index in [9.17, 15) is 0 Å². The summed E-state index contributed by atoms with van der Waals surface area (Å²) in [5.74, 6) is 2.11. The lowest BCUT2D eigenvalue weighted by atomic mass is 10.2. The van der Waals surface area contributed by atoms with Gasteiger partial charge in [-0.3, -0.25) is 4.57 Å². The fourth-order valence-corrected chi connectivity index (χ4v) is 1.90. The predicted molar refractivity (Wildman–Crippen MR) is 65.2 cm³/mol. The highest BCUT2D eigenvalue weighted by Crippen LogP contribution is 2.24. The highest BCUT2D eigenvalue weighted by Gasteiger charge is 2.15. The number of para-hydroxylation sites is 1. The van der Waals surface area contributed by atoms with Crippen LogP contribution in [-0.4, -0.2) is 14.8 Å². The van der Waals surface area contributed by atoms with Gasteiger partial charge in [0.1, 0.15) is 11.6 Å². The summed E-state index contributed by atoms with van der Waals surface area (Å²) in [5.41, 5.74) is 0.940. The number of hydrogen-bond donors (Lipinski definition) is 0. The van der Waals surface area contributed by atoms with Crippen LogP contribution in [0.15, 0.2) is 24.3 Å². The Hall–Kier alpha value is -1.35. The third kappa shape index (κ3) is 1.83. The van der Waals surface area contributed by atoms with Crippen LogP contribution in [0.1, 0.15) is 31.4 Å². The molecule has 84 valence electrons. The standard InChI is InChI=1S/C12H14ClN3/c1-8(2)12-15-14-9(3)16(12)11-7-5-4-6-10(11)13/h4-8H,1-3H3. The van der Waals surface area contributed by atoms with Crippen LogP contribution >= 0.6 is 11.6 Å². The summed E-state index contributed by atoms with van der Waals surface area (Å²) >= 11 is 6.19. The predicted octanol–water partition coefficient (Wildman–Crippen LogP) is 3.35. The number of nitrogens with zero attached hydrogens (tertiary/aromatic N) is 3. The fraction of sp³-hybridized carbons (Fsp3) is 0.333. The van der Waals surface area contributed by atoms with Crippen LogP contribution in [0.3, 0.4) is 0 Å². The maximum Gasteiger partial charge on any atom is 0.140 e. The minimum atomic E-state index is 0.317. The third-order valence-electron chi connectivity index (χ3n) is 2.46. The number of benzene rings is 1. The first-order valence-corrected chi connectivity index (χ1v) is 5.66. The van der Waals surface area contributed by atoms with Gasteiger partial charge in [-0.1, -0.05) is 37.6 Å². The van der Waals surface area contributed by atoms with E-state index in [0.29, 0.717) is 10.9 Å². The molecule has 2 rings (SSSR count). The number of hydrogen-bond acceptors (Lipinski definition) is 2. The van der Waals surface area contributed by atoms with E-state index in [0.717, 1.165) is 17.3 Å². The van der Waals surface area contributed by atoms with E-state index in [1.807, 2.05) is 35.8 Å².